The molecule has 0 aliphatic heterocycles. The third kappa shape index (κ3) is 2.87. The maximum absolute atomic E-state index is 12.0. The highest BCUT2D eigenvalue weighted by atomic mass is 16.6. The lowest BCUT2D eigenvalue weighted by atomic mass is 10.2. The molecule has 2 aromatic rings. The van der Waals surface area contributed by atoms with Gasteiger partial charge in [-0.3, -0.25) is 10.6 Å². The van der Waals surface area contributed by atoms with Gasteiger partial charge in [0.15, 0.2) is 6.20 Å². The van der Waals surface area contributed by atoms with E-state index < -0.39 is 16.6 Å². The summed E-state index contributed by atoms with van der Waals surface area (Å²) in [5.74, 6) is 4.84. The third-order valence-corrected chi connectivity index (χ3v) is 2.45. The highest BCUT2D eigenvalue weighted by Crippen LogP contribution is 2.18. The number of hydrogen-bond acceptors (Lipinski definition) is 7. The summed E-state index contributed by atoms with van der Waals surface area (Å²) < 4.78 is 0. The number of nitro groups is 1. The van der Waals surface area contributed by atoms with Crippen molar-refractivity contribution < 1.29 is 9.72 Å². The van der Waals surface area contributed by atoms with E-state index in [-0.39, 0.29) is 17.8 Å². The fourth-order valence-electron chi connectivity index (χ4n) is 1.50. The zero-order valence-corrected chi connectivity index (χ0v) is 10.2. The van der Waals surface area contributed by atoms with Crippen molar-refractivity contribution in [2.45, 2.75) is 6.54 Å². The Morgan fingerprint density at radius 1 is 1.50 bits per heavy atom. The highest BCUT2D eigenvalue weighted by Gasteiger charge is 2.18. The van der Waals surface area contributed by atoms with Gasteiger partial charge in [0.25, 0.3) is 5.91 Å². The summed E-state index contributed by atoms with van der Waals surface area (Å²) >= 11 is 0. The van der Waals surface area contributed by atoms with Crippen LogP contribution in [0.25, 0.3) is 0 Å². The summed E-state index contributed by atoms with van der Waals surface area (Å²) in [6.07, 6.45) is 4.29. The van der Waals surface area contributed by atoms with Crippen LogP contribution < -0.4 is 16.6 Å². The number of nitrogen functional groups attached to an aromatic ring is 1. The quantitative estimate of drug-likeness (QED) is 0.339. The molecule has 0 fully saturated rings. The van der Waals surface area contributed by atoms with Crippen LogP contribution >= 0.6 is 0 Å². The first-order chi connectivity index (χ1) is 9.61. The Morgan fingerprint density at radius 3 is 2.90 bits per heavy atom. The van der Waals surface area contributed by atoms with Gasteiger partial charge in [-0.2, -0.15) is 0 Å². The Kier molecular flexibility index (Phi) is 3.86. The highest BCUT2D eigenvalue weighted by molar-refractivity contribution is 5.99. The molecule has 0 radical (unpaired) electrons. The molecule has 0 saturated carbocycles. The molecule has 0 spiro atoms. The summed E-state index contributed by atoms with van der Waals surface area (Å²) in [6, 6.07) is 1.05. The van der Waals surface area contributed by atoms with Crippen molar-refractivity contribution in [3.8, 4) is 0 Å². The van der Waals surface area contributed by atoms with Gasteiger partial charge in [0.1, 0.15) is 11.5 Å². The van der Waals surface area contributed by atoms with Gasteiger partial charge in [0, 0.05) is 12.4 Å². The summed E-state index contributed by atoms with van der Waals surface area (Å²) in [5, 5.41) is 13.2. The SMILES string of the molecule is NNc1cnc([N+](=O)[O-])cc1C(=O)NCc1ncc[nH]1. The number of hydrazine groups is 1. The summed E-state index contributed by atoms with van der Waals surface area (Å²) in [6.45, 7) is 0.159. The second-order valence-corrected chi connectivity index (χ2v) is 3.71. The Hall–Kier alpha value is -3.01. The zero-order chi connectivity index (χ0) is 14.5. The Morgan fingerprint density at radius 2 is 2.30 bits per heavy atom. The predicted octanol–water partition coefficient (Wildman–Crippen LogP) is -0.0715. The number of aromatic nitrogens is 3. The van der Waals surface area contributed by atoms with Crippen molar-refractivity contribution in [2.75, 3.05) is 5.43 Å². The minimum absolute atomic E-state index is 0.0285. The van der Waals surface area contributed by atoms with E-state index in [0.29, 0.717) is 5.82 Å². The molecule has 0 saturated heterocycles. The van der Waals surface area contributed by atoms with Crippen LogP contribution in [0.2, 0.25) is 0 Å². The summed E-state index contributed by atoms with van der Waals surface area (Å²) in [4.78, 5) is 32.3. The number of aromatic amines is 1. The lowest BCUT2D eigenvalue weighted by Gasteiger charge is -2.07. The molecular weight excluding hydrogens is 266 g/mol. The number of amides is 1. The zero-order valence-electron chi connectivity index (χ0n) is 10.2. The van der Waals surface area contributed by atoms with Gasteiger partial charge in [-0.25, -0.2) is 4.98 Å². The molecule has 2 aromatic heterocycles. The normalized spacial score (nSPS) is 10.1. The van der Waals surface area contributed by atoms with Crippen LogP contribution in [0.15, 0.2) is 24.7 Å². The van der Waals surface area contributed by atoms with E-state index in [2.05, 4.69) is 25.7 Å². The van der Waals surface area contributed by atoms with Gasteiger partial charge < -0.3 is 25.8 Å². The molecule has 0 aliphatic carbocycles. The van der Waals surface area contributed by atoms with E-state index >= 15 is 0 Å². The van der Waals surface area contributed by atoms with E-state index in [4.69, 9.17) is 5.84 Å². The van der Waals surface area contributed by atoms with E-state index in [1.807, 2.05) is 0 Å². The molecule has 0 unspecified atom stereocenters. The molecule has 0 aromatic carbocycles. The first-order valence-electron chi connectivity index (χ1n) is 5.49. The van der Waals surface area contributed by atoms with Gasteiger partial charge in [-0.1, -0.05) is 0 Å². The number of H-pyrrole nitrogens is 1. The fourth-order valence-corrected chi connectivity index (χ4v) is 1.50. The second kappa shape index (κ2) is 5.75. The van der Waals surface area contributed by atoms with E-state index in [1.54, 1.807) is 12.4 Å². The lowest BCUT2D eigenvalue weighted by Crippen LogP contribution is -2.25. The van der Waals surface area contributed by atoms with Crippen LogP contribution in [0.5, 0.6) is 0 Å². The maximum atomic E-state index is 12.0. The van der Waals surface area contributed by atoms with Gasteiger partial charge in [-0.15, -0.1) is 0 Å². The van der Waals surface area contributed by atoms with E-state index in [0.717, 1.165) is 12.3 Å². The number of rotatable bonds is 5. The number of imidazole rings is 1. The van der Waals surface area contributed by atoms with Crippen molar-refractivity contribution in [2.24, 2.45) is 5.84 Å². The molecule has 0 bridgehead atoms. The molecule has 2 heterocycles. The topological polar surface area (TPSA) is 152 Å². The number of carbonyl (C=O) groups is 1. The Balaban J connectivity index is 2.18. The third-order valence-electron chi connectivity index (χ3n) is 2.45. The van der Waals surface area contributed by atoms with Crippen LogP contribution in [-0.2, 0) is 6.54 Å². The second-order valence-electron chi connectivity index (χ2n) is 3.71. The number of nitrogens with two attached hydrogens (primary N) is 1. The van der Waals surface area contributed by atoms with Crippen molar-refractivity contribution in [1.29, 1.82) is 0 Å². The lowest BCUT2D eigenvalue weighted by molar-refractivity contribution is -0.389. The van der Waals surface area contributed by atoms with Crippen LogP contribution in [0, 0.1) is 10.1 Å². The van der Waals surface area contributed by atoms with Crippen LogP contribution in [0.3, 0.4) is 0 Å². The number of hydrogen-bond donors (Lipinski definition) is 4. The first kappa shape index (κ1) is 13.4. The minimum atomic E-state index is -0.691. The Labute approximate surface area is 112 Å². The van der Waals surface area contributed by atoms with E-state index in [1.165, 1.54) is 0 Å². The first-order valence-corrected chi connectivity index (χ1v) is 5.49. The number of carbonyl (C=O) groups excluding carboxylic acids is 1. The van der Waals surface area contributed by atoms with Gasteiger partial charge in [0.05, 0.1) is 18.2 Å². The molecular formula is C10H11N7O3. The fraction of sp³-hybridized carbons (Fsp3) is 0.100. The van der Waals surface area contributed by atoms with Gasteiger partial charge in [-0.05, 0) is 9.91 Å². The Bertz CT molecular complexity index is 626. The molecule has 2 rings (SSSR count). The minimum Gasteiger partial charge on any atom is -0.358 e. The average Bonchev–Trinajstić information content (AvgIpc) is 2.97. The van der Waals surface area contributed by atoms with Gasteiger partial charge in [0.2, 0.25) is 0 Å². The molecule has 0 atom stereocenters. The summed E-state index contributed by atoms with van der Waals surface area (Å²) in [5.41, 5.74) is 2.48. The van der Waals surface area contributed by atoms with Crippen molar-refractivity contribution in [1.82, 2.24) is 20.3 Å². The molecule has 0 aliphatic rings. The smallest absolute Gasteiger partial charge is 0.358 e. The molecule has 20 heavy (non-hydrogen) atoms. The van der Waals surface area contributed by atoms with Crippen LogP contribution in [-0.4, -0.2) is 25.8 Å². The number of anilines is 1. The molecule has 104 valence electrons. The molecule has 10 heteroatoms. The van der Waals surface area contributed by atoms with Gasteiger partial charge >= 0.3 is 5.82 Å². The standard InChI is InChI=1S/C10H11N7O3/c11-16-7-4-14-9(17(19)20)3-6(7)10(18)15-5-8-12-1-2-13-8/h1-4,16H,5,11H2,(H,12,13)(H,15,18). The van der Waals surface area contributed by atoms with Crippen LogP contribution in [0.1, 0.15) is 16.2 Å². The van der Waals surface area contributed by atoms with E-state index in [9.17, 15) is 14.9 Å². The monoisotopic (exact) mass is 277 g/mol. The molecule has 5 N–H and O–H groups in total. The predicted molar refractivity (Wildman–Crippen MR) is 68.5 cm³/mol. The van der Waals surface area contributed by atoms with Crippen molar-refractivity contribution >= 4 is 17.4 Å². The number of pyridine rings is 1. The summed E-state index contributed by atoms with van der Waals surface area (Å²) in [7, 11) is 0. The molecule has 10 nitrogen and oxygen atoms in total. The average molecular weight is 277 g/mol. The largest absolute Gasteiger partial charge is 0.364 e. The van der Waals surface area contributed by atoms with Crippen molar-refractivity contribution in [3.05, 3.63) is 46.2 Å². The van der Waals surface area contributed by atoms with Crippen LogP contribution in [0.4, 0.5) is 11.5 Å². The molecule has 1 amide bonds. The maximum Gasteiger partial charge on any atom is 0.364 e. The number of nitrogens with one attached hydrogen (secondary N) is 3. The van der Waals surface area contributed by atoms with Crippen molar-refractivity contribution in [3.63, 3.8) is 0 Å². The number of nitrogens with zero attached hydrogens (tertiary/aromatic N) is 3.